The maximum atomic E-state index is 12.8. The van der Waals surface area contributed by atoms with Gasteiger partial charge in [0, 0.05) is 18.7 Å². The lowest BCUT2D eigenvalue weighted by Gasteiger charge is -2.22. The fourth-order valence-electron chi connectivity index (χ4n) is 4.27. The maximum Gasteiger partial charge on any atom is 0.332 e. The number of rotatable bonds is 6. The van der Waals surface area contributed by atoms with Crippen LogP contribution in [-0.4, -0.2) is 49.2 Å². The van der Waals surface area contributed by atoms with Crippen molar-refractivity contribution in [1.29, 1.82) is 0 Å². The van der Waals surface area contributed by atoms with Crippen molar-refractivity contribution in [1.82, 2.24) is 4.90 Å². The van der Waals surface area contributed by atoms with E-state index in [1.54, 1.807) is 18.2 Å². The molecule has 1 amide bonds. The Morgan fingerprint density at radius 3 is 2.15 bits per heavy atom. The molecule has 3 rings (SSSR count). The minimum absolute atomic E-state index is 0.0395. The standard InChI is InChI=1S/C21H27NO5/c1-26-18-8-5-9-19(27-2)17(18)10-16(21(24)25)11-20(23)22-12-14-6-3-4-7-15(14)13-22/h5,8-10,14-15H,3-4,6-7,11-13H2,1-2H3,(H,24,25)/t14-,15+. The smallest absolute Gasteiger partial charge is 0.332 e. The first-order valence-electron chi connectivity index (χ1n) is 9.46. The van der Waals surface area contributed by atoms with Crippen LogP contribution in [0, 0.1) is 11.8 Å². The predicted octanol–water partition coefficient (Wildman–Crippen LogP) is 3.21. The summed E-state index contributed by atoms with van der Waals surface area (Å²) in [6, 6.07) is 5.24. The fraction of sp³-hybridized carbons (Fsp3) is 0.524. The summed E-state index contributed by atoms with van der Waals surface area (Å²) in [4.78, 5) is 26.4. The van der Waals surface area contributed by atoms with Gasteiger partial charge in [-0.15, -0.1) is 0 Å². The number of amides is 1. The van der Waals surface area contributed by atoms with Crippen LogP contribution in [0.1, 0.15) is 37.7 Å². The topological polar surface area (TPSA) is 76.1 Å². The molecule has 2 fully saturated rings. The van der Waals surface area contributed by atoms with E-state index in [-0.39, 0.29) is 17.9 Å². The molecule has 0 unspecified atom stereocenters. The SMILES string of the molecule is COc1cccc(OC)c1C=C(CC(=O)N1C[C@H]2CCCC[C@H]2C1)C(=O)O. The Balaban J connectivity index is 1.80. The van der Waals surface area contributed by atoms with Crippen molar-refractivity contribution in [3.8, 4) is 11.5 Å². The van der Waals surface area contributed by atoms with Crippen LogP contribution < -0.4 is 9.47 Å². The van der Waals surface area contributed by atoms with Crippen molar-refractivity contribution in [2.24, 2.45) is 11.8 Å². The Hall–Kier alpha value is -2.50. The van der Waals surface area contributed by atoms with Gasteiger partial charge < -0.3 is 19.5 Å². The van der Waals surface area contributed by atoms with Gasteiger partial charge in [-0.1, -0.05) is 18.9 Å². The molecule has 1 aliphatic carbocycles. The number of carbonyl (C=O) groups is 2. The van der Waals surface area contributed by atoms with Gasteiger partial charge in [-0.3, -0.25) is 4.79 Å². The molecule has 1 heterocycles. The first-order valence-corrected chi connectivity index (χ1v) is 9.46. The fourth-order valence-corrected chi connectivity index (χ4v) is 4.27. The van der Waals surface area contributed by atoms with Gasteiger partial charge in [0.1, 0.15) is 11.5 Å². The molecule has 1 saturated carbocycles. The van der Waals surface area contributed by atoms with Gasteiger partial charge in [-0.25, -0.2) is 4.79 Å². The summed E-state index contributed by atoms with van der Waals surface area (Å²) >= 11 is 0. The van der Waals surface area contributed by atoms with Crippen LogP contribution in [0.3, 0.4) is 0 Å². The second-order valence-electron chi connectivity index (χ2n) is 7.33. The molecule has 0 spiro atoms. The van der Waals surface area contributed by atoms with Crippen LogP contribution in [0.2, 0.25) is 0 Å². The molecule has 6 heteroatoms. The van der Waals surface area contributed by atoms with E-state index < -0.39 is 5.97 Å². The van der Waals surface area contributed by atoms with E-state index >= 15 is 0 Å². The van der Waals surface area contributed by atoms with Crippen LogP contribution in [0.5, 0.6) is 11.5 Å². The average molecular weight is 373 g/mol. The molecule has 0 aromatic heterocycles. The highest BCUT2D eigenvalue weighted by Gasteiger charge is 2.36. The molecule has 2 aliphatic rings. The largest absolute Gasteiger partial charge is 0.496 e. The molecular weight excluding hydrogens is 346 g/mol. The molecule has 27 heavy (non-hydrogen) atoms. The van der Waals surface area contributed by atoms with Gasteiger partial charge in [-0.2, -0.15) is 0 Å². The molecule has 1 aliphatic heterocycles. The van der Waals surface area contributed by atoms with Crippen molar-refractivity contribution in [2.75, 3.05) is 27.3 Å². The molecular formula is C21H27NO5. The highest BCUT2D eigenvalue weighted by atomic mass is 16.5. The summed E-state index contributed by atoms with van der Waals surface area (Å²) in [5.41, 5.74) is 0.570. The van der Waals surface area contributed by atoms with E-state index in [1.165, 1.54) is 46.0 Å². The van der Waals surface area contributed by atoms with Crippen LogP contribution in [0.25, 0.3) is 6.08 Å². The Bertz CT molecular complexity index is 706. The summed E-state index contributed by atoms with van der Waals surface area (Å²) in [6.07, 6.45) is 6.17. The van der Waals surface area contributed by atoms with Crippen molar-refractivity contribution in [2.45, 2.75) is 32.1 Å². The number of methoxy groups -OCH3 is 2. The summed E-state index contributed by atoms with van der Waals surface area (Å²) in [5, 5.41) is 9.64. The first-order chi connectivity index (χ1) is 13.0. The number of likely N-dealkylation sites (tertiary alicyclic amines) is 1. The average Bonchev–Trinajstić information content (AvgIpc) is 3.11. The highest BCUT2D eigenvalue weighted by Crippen LogP contribution is 2.37. The van der Waals surface area contributed by atoms with Crippen molar-refractivity contribution < 1.29 is 24.2 Å². The lowest BCUT2D eigenvalue weighted by Crippen LogP contribution is -2.29. The third-order valence-electron chi connectivity index (χ3n) is 5.73. The Kier molecular flexibility index (Phi) is 6.04. The summed E-state index contributed by atoms with van der Waals surface area (Å²) in [6.45, 7) is 1.52. The third-order valence-corrected chi connectivity index (χ3v) is 5.73. The van der Waals surface area contributed by atoms with E-state index in [2.05, 4.69) is 0 Å². The lowest BCUT2D eigenvalue weighted by molar-refractivity contribution is -0.136. The second-order valence-corrected chi connectivity index (χ2v) is 7.33. The van der Waals surface area contributed by atoms with E-state index in [1.807, 2.05) is 4.90 Å². The molecule has 6 nitrogen and oxygen atoms in total. The zero-order valence-electron chi connectivity index (χ0n) is 15.9. The van der Waals surface area contributed by atoms with Gasteiger partial charge in [0.15, 0.2) is 0 Å². The number of carbonyl (C=O) groups excluding carboxylic acids is 1. The minimum atomic E-state index is -1.10. The Labute approximate surface area is 159 Å². The van der Waals surface area contributed by atoms with Gasteiger partial charge in [-0.05, 0) is 42.9 Å². The number of carboxylic acids is 1. The minimum Gasteiger partial charge on any atom is -0.496 e. The molecule has 2 atom stereocenters. The van der Waals surface area contributed by atoms with Crippen LogP contribution in [-0.2, 0) is 9.59 Å². The number of ether oxygens (including phenoxy) is 2. The summed E-state index contributed by atoms with van der Waals surface area (Å²) < 4.78 is 10.6. The normalized spacial score (nSPS) is 22.3. The van der Waals surface area contributed by atoms with Crippen molar-refractivity contribution in [3.63, 3.8) is 0 Å². The Morgan fingerprint density at radius 2 is 1.67 bits per heavy atom. The number of nitrogens with zero attached hydrogens (tertiary/aromatic N) is 1. The number of benzene rings is 1. The van der Waals surface area contributed by atoms with Gasteiger partial charge >= 0.3 is 5.97 Å². The second kappa shape index (κ2) is 8.46. The van der Waals surface area contributed by atoms with Gasteiger partial charge in [0.25, 0.3) is 0 Å². The first kappa shape index (κ1) is 19.3. The van der Waals surface area contributed by atoms with E-state index in [0.29, 0.717) is 28.9 Å². The molecule has 0 radical (unpaired) electrons. The highest BCUT2D eigenvalue weighted by molar-refractivity contribution is 5.99. The molecule has 1 saturated heterocycles. The van der Waals surface area contributed by atoms with E-state index in [4.69, 9.17) is 9.47 Å². The third kappa shape index (κ3) is 4.26. The van der Waals surface area contributed by atoms with Crippen LogP contribution in [0.4, 0.5) is 0 Å². The lowest BCUT2D eigenvalue weighted by atomic mass is 9.82. The molecule has 1 N–H and O–H groups in total. The summed E-state index contributed by atoms with van der Waals surface area (Å²) in [5.74, 6) is 0.948. The number of fused-ring (bicyclic) bond motifs is 1. The van der Waals surface area contributed by atoms with Gasteiger partial charge in [0.05, 0.1) is 26.2 Å². The number of hydrogen-bond acceptors (Lipinski definition) is 4. The quantitative estimate of drug-likeness (QED) is 0.775. The number of carboxylic acid groups (broad SMARTS) is 1. The zero-order valence-corrected chi connectivity index (χ0v) is 15.9. The maximum absolute atomic E-state index is 12.8. The van der Waals surface area contributed by atoms with Crippen LogP contribution in [0.15, 0.2) is 23.8 Å². The zero-order chi connectivity index (χ0) is 19.4. The molecule has 1 aromatic carbocycles. The molecule has 0 bridgehead atoms. The molecule has 146 valence electrons. The monoisotopic (exact) mass is 373 g/mol. The van der Waals surface area contributed by atoms with Crippen molar-refractivity contribution in [3.05, 3.63) is 29.3 Å². The van der Waals surface area contributed by atoms with Crippen molar-refractivity contribution >= 4 is 18.0 Å². The van der Waals surface area contributed by atoms with Crippen LogP contribution >= 0.6 is 0 Å². The summed E-state index contributed by atoms with van der Waals surface area (Å²) in [7, 11) is 3.04. The number of hydrogen-bond donors (Lipinski definition) is 1. The van der Waals surface area contributed by atoms with Gasteiger partial charge in [0.2, 0.25) is 5.91 Å². The molecule has 1 aromatic rings. The Morgan fingerprint density at radius 1 is 1.11 bits per heavy atom. The van der Waals surface area contributed by atoms with E-state index in [9.17, 15) is 14.7 Å². The number of aliphatic carboxylic acids is 1. The predicted molar refractivity (Wildman–Crippen MR) is 102 cm³/mol. The van der Waals surface area contributed by atoms with E-state index in [0.717, 1.165) is 13.1 Å².